The number of nitrogens with one attached hydrogen (secondary N) is 1. The number of aromatic nitrogens is 3. The number of methoxy groups -OCH3 is 1. The van der Waals surface area contributed by atoms with Crippen LogP contribution in [0.2, 0.25) is 5.02 Å². The summed E-state index contributed by atoms with van der Waals surface area (Å²) in [7, 11) is -2.20. The number of hydrogen-bond acceptors (Lipinski definition) is 5. The number of benzene rings is 2. The van der Waals surface area contributed by atoms with E-state index >= 15 is 0 Å². The van der Waals surface area contributed by atoms with Crippen LogP contribution in [0.25, 0.3) is 17.0 Å². The standard InChI is InChI=1S/C20H17ClN4O3S/c1-28-19-7-6-15(18-12-25-9-3-8-22-20(25)23-18)11-17(19)24-29(26,27)13-14-4-2-5-16(21)10-14/h2-12,24H,13H2,1H3. The number of imidazole rings is 1. The molecule has 2 aromatic heterocycles. The Hall–Kier alpha value is -3.10. The van der Waals surface area contributed by atoms with Crippen molar-refractivity contribution in [2.75, 3.05) is 11.8 Å². The minimum Gasteiger partial charge on any atom is -0.495 e. The van der Waals surface area contributed by atoms with Gasteiger partial charge in [0, 0.05) is 29.2 Å². The number of ether oxygens (including phenoxy) is 1. The lowest BCUT2D eigenvalue weighted by atomic mass is 10.1. The van der Waals surface area contributed by atoms with Crippen LogP contribution in [0, 0.1) is 0 Å². The molecule has 0 spiro atoms. The summed E-state index contributed by atoms with van der Waals surface area (Å²) in [4.78, 5) is 8.67. The normalized spacial score (nSPS) is 11.5. The number of halogens is 1. The van der Waals surface area contributed by atoms with E-state index in [0.29, 0.717) is 33.5 Å². The second-order valence-corrected chi connectivity index (χ2v) is 8.52. The molecule has 0 unspecified atom stereocenters. The van der Waals surface area contributed by atoms with Gasteiger partial charge in [-0.25, -0.2) is 18.4 Å². The van der Waals surface area contributed by atoms with Crippen LogP contribution in [0.15, 0.2) is 67.1 Å². The molecule has 4 aromatic rings. The van der Waals surface area contributed by atoms with Gasteiger partial charge in [0.15, 0.2) is 0 Å². The van der Waals surface area contributed by atoms with Crippen molar-refractivity contribution in [2.45, 2.75) is 5.75 Å². The summed E-state index contributed by atoms with van der Waals surface area (Å²) in [5.41, 5.74) is 2.32. The Kier molecular flexibility index (Phi) is 5.12. The smallest absolute Gasteiger partial charge is 0.237 e. The van der Waals surface area contributed by atoms with Crippen molar-refractivity contribution in [2.24, 2.45) is 0 Å². The molecule has 2 aromatic carbocycles. The summed E-state index contributed by atoms with van der Waals surface area (Å²) in [5, 5.41) is 0.484. The molecule has 0 fully saturated rings. The summed E-state index contributed by atoms with van der Waals surface area (Å²) in [6, 6.07) is 13.8. The molecule has 0 atom stereocenters. The monoisotopic (exact) mass is 428 g/mol. The van der Waals surface area contributed by atoms with E-state index in [-0.39, 0.29) is 5.75 Å². The van der Waals surface area contributed by atoms with Crippen LogP contribution in [0.3, 0.4) is 0 Å². The molecule has 0 aliphatic rings. The van der Waals surface area contributed by atoms with Gasteiger partial charge in [-0.15, -0.1) is 0 Å². The number of nitrogens with zero attached hydrogens (tertiary/aromatic N) is 3. The van der Waals surface area contributed by atoms with Crippen molar-refractivity contribution in [3.63, 3.8) is 0 Å². The van der Waals surface area contributed by atoms with E-state index in [1.807, 2.05) is 24.5 Å². The van der Waals surface area contributed by atoms with Crippen LogP contribution < -0.4 is 9.46 Å². The molecular formula is C20H17ClN4O3S. The van der Waals surface area contributed by atoms with E-state index in [4.69, 9.17) is 16.3 Å². The Balaban J connectivity index is 1.66. The first-order valence-electron chi connectivity index (χ1n) is 8.66. The Morgan fingerprint density at radius 3 is 2.79 bits per heavy atom. The first kappa shape index (κ1) is 19.2. The molecule has 148 valence electrons. The first-order valence-corrected chi connectivity index (χ1v) is 10.7. The number of fused-ring (bicyclic) bond motifs is 1. The van der Waals surface area contributed by atoms with Gasteiger partial charge in [0.2, 0.25) is 15.8 Å². The minimum atomic E-state index is -3.69. The molecule has 4 rings (SSSR count). The van der Waals surface area contributed by atoms with Gasteiger partial charge in [0.25, 0.3) is 0 Å². The third-order valence-corrected chi connectivity index (χ3v) is 5.72. The zero-order valence-electron chi connectivity index (χ0n) is 15.4. The van der Waals surface area contributed by atoms with Crippen molar-refractivity contribution in [1.82, 2.24) is 14.4 Å². The molecule has 0 bridgehead atoms. The number of sulfonamides is 1. The number of anilines is 1. The molecule has 0 saturated carbocycles. The highest BCUT2D eigenvalue weighted by Crippen LogP contribution is 2.31. The Bertz CT molecular complexity index is 1250. The van der Waals surface area contributed by atoms with Crippen molar-refractivity contribution < 1.29 is 13.2 Å². The van der Waals surface area contributed by atoms with Crippen LogP contribution >= 0.6 is 11.6 Å². The lowest BCUT2D eigenvalue weighted by Crippen LogP contribution is -2.15. The molecule has 7 nitrogen and oxygen atoms in total. The summed E-state index contributed by atoms with van der Waals surface area (Å²) < 4.78 is 35.1. The molecule has 0 aliphatic carbocycles. The molecule has 29 heavy (non-hydrogen) atoms. The Morgan fingerprint density at radius 2 is 2.03 bits per heavy atom. The van der Waals surface area contributed by atoms with Gasteiger partial charge in [-0.05, 0) is 42.0 Å². The topological polar surface area (TPSA) is 85.6 Å². The summed E-state index contributed by atoms with van der Waals surface area (Å²) >= 11 is 5.95. The summed E-state index contributed by atoms with van der Waals surface area (Å²) in [5.74, 6) is 0.755. The predicted molar refractivity (Wildman–Crippen MR) is 113 cm³/mol. The first-order chi connectivity index (χ1) is 13.9. The molecule has 9 heteroatoms. The molecule has 2 heterocycles. The third kappa shape index (κ3) is 4.33. The molecule has 0 saturated heterocycles. The van der Waals surface area contributed by atoms with E-state index < -0.39 is 10.0 Å². The zero-order chi connectivity index (χ0) is 20.4. The molecule has 0 radical (unpaired) electrons. The molecule has 0 amide bonds. The van der Waals surface area contributed by atoms with Gasteiger partial charge in [-0.2, -0.15) is 0 Å². The SMILES string of the molecule is COc1ccc(-c2cn3cccnc3n2)cc1NS(=O)(=O)Cc1cccc(Cl)c1. The fourth-order valence-corrected chi connectivity index (χ4v) is 4.36. The maximum atomic E-state index is 12.7. The average Bonchev–Trinajstić information content (AvgIpc) is 3.11. The van der Waals surface area contributed by atoms with Crippen LogP contribution in [0.4, 0.5) is 5.69 Å². The van der Waals surface area contributed by atoms with Crippen LogP contribution in [0.5, 0.6) is 5.75 Å². The minimum absolute atomic E-state index is 0.209. The van der Waals surface area contributed by atoms with Gasteiger partial charge in [0.05, 0.1) is 24.2 Å². The zero-order valence-corrected chi connectivity index (χ0v) is 17.0. The lowest BCUT2D eigenvalue weighted by molar-refractivity contribution is 0.417. The highest BCUT2D eigenvalue weighted by Gasteiger charge is 2.16. The fourth-order valence-electron chi connectivity index (χ4n) is 2.97. The van der Waals surface area contributed by atoms with Crippen LogP contribution in [-0.2, 0) is 15.8 Å². The number of rotatable bonds is 6. The fraction of sp³-hybridized carbons (Fsp3) is 0.100. The average molecular weight is 429 g/mol. The van der Waals surface area contributed by atoms with E-state index in [1.165, 1.54) is 7.11 Å². The van der Waals surface area contributed by atoms with Crippen molar-refractivity contribution in [3.05, 3.63) is 77.7 Å². The van der Waals surface area contributed by atoms with E-state index in [0.717, 1.165) is 5.56 Å². The van der Waals surface area contributed by atoms with Crippen molar-refractivity contribution >= 4 is 33.1 Å². The van der Waals surface area contributed by atoms with E-state index in [2.05, 4.69) is 14.7 Å². The van der Waals surface area contributed by atoms with Crippen LogP contribution in [-0.4, -0.2) is 29.9 Å². The maximum Gasteiger partial charge on any atom is 0.237 e. The second kappa shape index (κ2) is 7.73. The number of hydrogen-bond donors (Lipinski definition) is 1. The lowest BCUT2D eigenvalue weighted by Gasteiger charge is -2.13. The van der Waals surface area contributed by atoms with Gasteiger partial charge >= 0.3 is 0 Å². The third-order valence-electron chi connectivity index (χ3n) is 4.24. The Morgan fingerprint density at radius 1 is 1.17 bits per heavy atom. The highest BCUT2D eigenvalue weighted by atomic mass is 35.5. The predicted octanol–water partition coefficient (Wildman–Crippen LogP) is 4.00. The maximum absolute atomic E-state index is 12.7. The van der Waals surface area contributed by atoms with E-state index in [9.17, 15) is 8.42 Å². The van der Waals surface area contributed by atoms with Gasteiger partial charge in [0.1, 0.15) is 5.75 Å². The largest absolute Gasteiger partial charge is 0.495 e. The molecule has 0 aliphatic heterocycles. The second-order valence-electron chi connectivity index (χ2n) is 6.36. The van der Waals surface area contributed by atoms with Gasteiger partial charge in [-0.3, -0.25) is 9.12 Å². The van der Waals surface area contributed by atoms with Crippen molar-refractivity contribution in [1.29, 1.82) is 0 Å². The quantitative estimate of drug-likeness (QED) is 0.501. The van der Waals surface area contributed by atoms with Crippen LogP contribution in [0.1, 0.15) is 5.56 Å². The van der Waals surface area contributed by atoms with Crippen molar-refractivity contribution in [3.8, 4) is 17.0 Å². The summed E-state index contributed by atoms with van der Waals surface area (Å²) in [6.07, 6.45) is 5.33. The molecule has 1 N–H and O–H groups in total. The van der Waals surface area contributed by atoms with E-state index in [1.54, 1.807) is 47.0 Å². The highest BCUT2D eigenvalue weighted by molar-refractivity contribution is 7.91. The summed E-state index contributed by atoms with van der Waals surface area (Å²) in [6.45, 7) is 0. The Labute approximate surface area is 173 Å². The van der Waals surface area contributed by atoms with Gasteiger partial charge in [-0.1, -0.05) is 23.7 Å². The molecular weight excluding hydrogens is 412 g/mol. The van der Waals surface area contributed by atoms with Gasteiger partial charge < -0.3 is 4.74 Å².